The maximum absolute atomic E-state index is 10.8. The number of rotatable bonds is 1. The van der Waals surface area contributed by atoms with Gasteiger partial charge in [-0.05, 0) is 18.8 Å². The number of hydrogen-bond donors (Lipinski definition) is 1. The number of esters is 1. The lowest BCUT2D eigenvalue weighted by molar-refractivity contribution is -0.141. The van der Waals surface area contributed by atoms with E-state index in [4.69, 9.17) is 9.84 Å². The summed E-state index contributed by atoms with van der Waals surface area (Å²) in [5, 5.41) is 8.93. The third-order valence-corrected chi connectivity index (χ3v) is 2.82. The average molecular weight is 156 g/mol. The Morgan fingerprint density at radius 3 is 3.09 bits per heavy atom. The number of carbonyl (C=O) groups excluding carboxylic acids is 1. The normalized spacial score (nSPS) is 42.3. The van der Waals surface area contributed by atoms with Gasteiger partial charge in [0.15, 0.2) is 0 Å². The zero-order valence-electron chi connectivity index (χ0n) is 6.32. The monoisotopic (exact) mass is 156 g/mol. The molecule has 1 aliphatic heterocycles. The number of hydrogen-bond acceptors (Lipinski definition) is 3. The number of ether oxygens (including phenoxy) is 1. The molecular weight excluding hydrogens is 144 g/mol. The van der Waals surface area contributed by atoms with E-state index in [1.807, 2.05) is 0 Å². The van der Waals surface area contributed by atoms with Crippen molar-refractivity contribution >= 4 is 5.97 Å². The molecule has 0 amide bonds. The van der Waals surface area contributed by atoms with Crippen molar-refractivity contribution in [3.05, 3.63) is 0 Å². The Kier molecular flexibility index (Phi) is 1.60. The van der Waals surface area contributed by atoms with Crippen molar-refractivity contribution in [1.29, 1.82) is 0 Å². The van der Waals surface area contributed by atoms with E-state index in [1.165, 1.54) is 0 Å². The molecule has 1 heterocycles. The minimum Gasteiger partial charge on any atom is -0.462 e. The Balaban J connectivity index is 2.07. The highest BCUT2D eigenvalue weighted by Gasteiger charge is 2.44. The highest BCUT2D eigenvalue weighted by Crippen LogP contribution is 2.40. The minimum absolute atomic E-state index is 0.0850. The van der Waals surface area contributed by atoms with Crippen LogP contribution in [0.1, 0.15) is 19.3 Å². The highest BCUT2D eigenvalue weighted by molar-refractivity contribution is 5.72. The first-order valence-corrected chi connectivity index (χ1v) is 4.11. The molecule has 1 unspecified atom stereocenters. The molecule has 3 heteroatoms. The van der Waals surface area contributed by atoms with Gasteiger partial charge < -0.3 is 9.84 Å². The van der Waals surface area contributed by atoms with E-state index in [9.17, 15) is 4.79 Å². The van der Waals surface area contributed by atoms with E-state index in [0.717, 1.165) is 12.8 Å². The summed E-state index contributed by atoms with van der Waals surface area (Å²) in [7, 11) is 0. The van der Waals surface area contributed by atoms with Gasteiger partial charge in [-0.2, -0.15) is 0 Å². The SMILES string of the molecule is O=C1C[C@@H]2C(CO)CC[C@@H]2O1. The second kappa shape index (κ2) is 2.48. The predicted molar refractivity (Wildman–Crippen MR) is 37.8 cm³/mol. The van der Waals surface area contributed by atoms with Crippen LogP contribution >= 0.6 is 0 Å². The Labute approximate surface area is 65.4 Å². The summed E-state index contributed by atoms with van der Waals surface area (Å²) in [5.41, 5.74) is 0. The van der Waals surface area contributed by atoms with Gasteiger partial charge in [-0.1, -0.05) is 0 Å². The largest absolute Gasteiger partial charge is 0.462 e. The first kappa shape index (κ1) is 7.10. The summed E-state index contributed by atoms with van der Waals surface area (Å²) in [6.07, 6.45) is 2.61. The van der Waals surface area contributed by atoms with E-state index in [2.05, 4.69) is 0 Å². The summed E-state index contributed by atoms with van der Waals surface area (Å²) in [4.78, 5) is 10.8. The van der Waals surface area contributed by atoms with Gasteiger partial charge in [0.1, 0.15) is 6.10 Å². The lowest BCUT2D eigenvalue weighted by atomic mass is 9.94. The summed E-state index contributed by atoms with van der Waals surface area (Å²) < 4.78 is 5.07. The van der Waals surface area contributed by atoms with Crippen LogP contribution in [-0.2, 0) is 9.53 Å². The topological polar surface area (TPSA) is 46.5 Å². The standard InChI is InChI=1S/C8H12O3/c9-4-5-1-2-7-6(5)3-8(10)11-7/h5-7,9H,1-4H2/t5?,6-,7+/m1/s1. The van der Waals surface area contributed by atoms with E-state index >= 15 is 0 Å². The molecule has 0 bridgehead atoms. The van der Waals surface area contributed by atoms with Gasteiger partial charge in [0, 0.05) is 12.5 Å². The Hall–Kier alpha value is -0.570. The second-order valence-corrected chi connectivity index (χ2v) is 3.42. The van der Waals surface area contributed by atoms with Gasteiger partial charge in [0.2, 0.25) is 0 Å². The van der Waals surface area contributed by atoms with Crippen molar-refractivity contribution < 1.29 is 14.6 Å². The van der Waals surface area contributed by atoms with Crippen LogP contribution in [0.2, 0.25) is 0 Å². The summed E-state index contributed by atoms with van der Waals surface area (Å²) in [6.45, 7) is 0.206. The van der Waals surface area contributed by atoms with Gasteiger partial charge in [0.05, 0.1) is 6.42 Å². The van der Waals surface area contributed by atoms with Crippen LogP contribution in [0.5, 0.6) is 0 Å². The van der Waals surface area contributed by atoms with Crippen molar-refractivity contribution in [2.75, 3.05) is 6.61 Å². The van der Waals surface area contributed by atoms with Crippen molar-refractivity contribution in [2.24, 2.45) is 11.8 Å². The highest BCUT2D eigenvalue weighted by atomic mass is 16.6. The van der Waals surface area contributed by atoms with Gasteiger partial charge in [-0.25, -0.2) is 0 Å². The molecule has 0 aromatic heterocycles. The van der Waals surface area contributed by atoms with Crippen LogP contribution in [0.3, 0.4) is 0 Å². The smallest absolute Gasteiger partial charge is 0.306 e. The lowest BCUT2D eigenvalue weighted by Gasteiger charge is -2.11. The Morgan fingerprint density at radius 2 is 2.36 bits per heavy atom. The fourth-order valence-corrected chi connectivity index (χ4v) is 2.19. The van der Waals surface area contributed by atoms with Crippen LogP contribution in [0.4, 0.5) is 0 Å². The third-order valence-electron chi connectivity index (χ3n) is 2.82. The molecule has 3 nitrogen and oxygen atoms in total. The zero-order chi connectivity index (χ0) is 7.84. The molecule has 3 atom stereocenters. The molecule has 1 saturated carbocycles. The average Bonchev–Trinajstić information content (AvgIpc) is 2.45. The van der Waals surface area contributed by atoms with Crippen molar-refractivity contribution in [1.82, 2.24) is 0 Å². The zero-order valence-corrected chi connectivity index (χ0v) is 6.32. The number of aliphatic hydroxyl groups excluding tert-OH is 1. The molecule has 0 spiro atoms. The minimum atomic E-state index is -0.0850. The van der Waals surface area contributed by atoms with Crippen molar-refractivity contribution in [3.63, 3.8) is 0 Å². The van der Waals surface area contributed by atoms with E-state index in [0.29, 0.717) is 18.3 Å². The van der Waals surface area contributed by atoms with Crippen LogP contribution in [-0.4, -0.2) is 23.8 Å². The fraction of sp³-hybridized carbons (Fsp3) is 0.875. The number of carbonyl (C=O) groups is 1. The third kappa shape index (κ3) is 1.03. The molecule has 0 aromatic rings. The van der Waals surface area contributed by atoms with Gasteiger partial charge in [0.25, 0.3) is 0 Å². The molecule has 62 valence electrons. The summed E-state index contributed by atoms with van der Waals surface area (Å²) >= 11 is 0. The molecular formula is C8H12O3. The van der Waals surface area contributed by atoms with E-state index < -0.39 is 0 Å². The number of aliphatic hydroxyl groups is 1. The van der Waals surface area contributed by atoms with Crippen molar-refractivity contribution in [2.45, 2.75) is 25.4 Å². The number of fused-ring (bicyclic) bond motifs is 1. The first-order chi connectivity index (χ1) is 5.31. The van der Waals surface area contributed by atoms with Crippen LogP contribution in [0.25, 0.3) is 0 Å². The van der Waals surface area contributed by atoms with E-state index in [-0.39, 0.29) is 18.7 Å². The molecule has 1 aliphatic carbocycles. The summed E-state index contributed by atoms with van der Waals surface area (Å²) in [6, 6.07) is 0. The Bertz CT molecular complexity index is 178. The molecule has 1 saturated heterocycles. The van der Waals surface area contributed by atoms with Crippen LogP contribution < -0.4 is 0 Å². The maximum Gasteiger partial charge on any atom is 0.306 e. The fourth-order valence-electron chi connectivity index (χ4n) is 2.19. The molecule has 0 radical (unpaired) electrons. The maximum atomic E-state index is 10.8. The van der Waals surface area contributed by atoms with Gasteiger partial charge in [-0.3, -0.25) is 4.79 Å². The molecule has 11 heavy (non-hydrogen) atoms. The van der Waals surface area contributed by atoms with E-state index in [1.54, 1.807) is 0 Å². The first-order valence-electron chi connectivity index (χ1n) is 4.11. The predicted octanol–water partition coefficient (Wildman–Crippen LogP) is 0.320. The van der Waals surface area contributed by atoms with Crippen LogP contribution in [0, 0.1) is 11.8 Å². The van der Waals surface area contributed by atoms with Crippen molar-refractivity contribution in [3.8, 4) is 0 Å². The Morgan fingerprint density at radius 1 is 1.55 bits per heavy atom. The van der Waals surface area contributed by atoms with Gasteiger partial charge in [-0.15, -0.1) is 0 Å². The second-order valence-electron chi connectivity index (χ2n) is 3.42. The summed E-state index contributed by atoms with van der Waals surface area (Å²) in [5.74, 6) is 0.539. The molecule has 2 rings (SSSR count). The molecule has 1 N–H and O–H groups in total. The molecule has 2 fully saturated rings. The molecule has 0 aromatic carbocycles. The van der Waals surface area contributed by atoms with Gasteiger partial charge >= 0.3 is 5.97 Å². The lowest BCUT2D eigenvalue weighted by Crippen LogP contribution is -2.16. The van der Waals surface area contributed by atoms with Crippen LogP contribution in [0.15, 0.2) is 0 Å². The molecule has 2 aliphatic rings. The quantitative estimate of drug-likeness (QED) is 0.556.